The topological polar surface area (TPSA) is 35.6 Å². The second-order valence-electron chi connectivity index (χ2n) is 5.62. The van der Waals surface area contributed by atoms with Crippen LogP contribution in [0, 0.1) is 11.7 Å². The number of nitrogens with zero attached hydrogens (tertiary/aromatic N) is 2. The highest BCUT2D eigenvalue weighted by Crippen LogP contribution is 2.11. The van der Waals surface area contributed by atoms with Gasteiger partial charge < -0.3 is 10.2 Å². The maximum Gasteiger partial charge on any atom is 0.321 e. The Kier molecular flexibility index (Phi) is 4.95. The zero-order valence-electron chi connectivity index (χ0n) is 12.1. The Labute approximate surface area is 119 Å². The molecule has 1 aromatic rings. The molecule has 1 saturated heterocycles. The number of rotatable bonds is 3. The molecule has 0 atom stereocenters. The first-order valence-electron chi connectivity index (χ1n) is 7.08. The molecule has 1 fully saturated rings. The molecule has 20 heavy (non-hydrogen) atoms. The molecule has 1 N–H and O–H groups in total. The van der Waals surface area contributed by atoms with Crippen LogP contribution < -0.4 is 5.32 Å². The van der Waals surface area contributed by atoms with E-state index in [9.17, 15) is 9.18 Å². The van der Waals surface area contributed by atoms with Crippen molar-refractivity contribution in [2.24, 2.45) is 5.92 Å². The van der Waals surface area contributed by atoms with Gasteiger partial charge >= 0.3 is 6.03 Å². The molecule has 0 unspecified atom stereocenters. The van der Waals surface area contributed by atoms with Crippen molar-refractivity contribution in [3.05, 3.63) is 30.1 Å². The van der Waals surface area contributed by atoms with Gasteiger partial charge in [0.15, 0.2) is 0 Å². The standard InChI is InChI=1S/C15H22FN3O/c1-12(2)11-18-6-8-19(9-7-18)15(20)17-14-5-3-4-13(16)10-14/h3-5,10,12H,6-9,11H2,1-2H3,(H,17,20). The van der Waals surface area contributed by atoms with Crippen LogP contribution in [-0.2, 0) is 0 Å². The number of amides is 2. The molecule has 0 radical (unpaired) electrons. The fraction of sp³-hybridized carbons (Fsp3) is 0.533. The maximum absolute atomic E-state index is 13.1. The molecule has 0 aromatic heterocycles. The highest BCUT2D eigenvalue weighted by Gasteiger charge is 2.21. The molecule has 0 bridgehead atoms. The zero-order valence-corrected chi connectivity index (χ0v) is 12.1. The molecule has 0 saturated carbocycles. The van der Waals surface area contributed by atoms with Crippen LogP contribution in [0.25, 0.3) is 0 Å². The molecule has 110 valence electrons. The van der Waals surface area contributed by atoms with Gasteiger partial charge in [0.2, 0.25) is 0 Å². The lowest BCUT2D eigenvalue weighted by Crippen LogP contribution is -2.50. The van der Waals surface area contributed by atoms with Crippen LogP contribution >= 0.6 is 0 Å². The van der Waals surface area contributed by atoms with Crippen molar-refractivity contribution >= 4 is 11.7 Å². The first-order chi connectivity index (χ1) is 9.54. The summed E-state index contributed by atoms with van der Waals surface area (Å²) >= 11 is 0. The minimum absolute atomic E-state index is 0.153. The highest BCUT2D eigenvalue weighted by molar-refractivity contribution is 5.89. The van der Waals surface area contributed by atoms with Gasteiger partial charge in [-0.25, -0.2) is 9.18 Å². The van der Waals surface area contributed by atoms with Crippen molar-refractivity contribution in [1.82, 2.24) is 9.80 Å². The average Bonchev–Trinajstić information content (AvgIpc) is 2.38. The molecule has 4 nitrogen and oxygen atoms in total. The molecular weight excluding hydrogens is 257 g/mol. The fourth-order valence-corrected chi connectivity index (χ4v) is 2.42. The van der Waals surface area contributed by atoms with Crippen LogP contribution in [0.4, 0.5) is 14.9 Å². The smallest absolute Gasteiger partial charge is 0.321 e. The SMILES string of the molecule is CC(C)CN1CCN(C(=O)Nc2cccc(F)c2)CC1. The van der Waals surface area contributed by atoms with Gasteiger partial charge in [0.05, 0.1) is 0 Å². The van der Waals surface area contributed by atoms with E-state index in [2.05, 4.69) is 24.1 Å². The summed E-state index contributed by atoms with van der Waals surface area (Å²) in [7, 11) is 0. The van der Waals surface area contributed by atoms with Gasteiger partial charge in [0.1, 0.15) is 5.82 Å². The fourth-order valence-electron chi connectivity index (χ4n) is 2.42. The predicted molar refractivity (Wildman–Crippen MR) is 78.3 cm³/mol. The van der Waals surface area contributed by atoms with Crippen LogP contribution in [0.3, 0.4) is 0 Å². The Morgan fingerprint density at radius 3 is 2.60 bits per heavy atom. The van der Waals surface area contributed by atoms with E-state index in [0.717, 1.165) is 19.6 Å². The van der Waals surface area contributed by atoms with Crippen molar-refractivity contribution in [2.45, 2.75) is 13.8 Å². The number of hydrogen-bond donors (Lipinski definition) is 1. The molecule has 1 aliphatic heterocycles. The molecule has 5 heteroatoms. The molecule has 2 amide bonds. The highest BCUT2D eigenvalue weighted by atomic mass is 19.1. The van der Waals surface area contributed by atoms with Gasteiger partial charge in [-0.2, -0.15) is 0 Å². The summed E-state index contributed by atoms with van der Waals surface area (Å²) in [5.41, 5.74) is 0.500. The predicted octanol–water partition coefficient (Wildman–Crippen LogP) is 2.63. The van der Waals surface area contributed by atoms with Gasteiger partial charge in [-0.1, -0.05) is 19.9 Å². The number of benzene rings is 1. The van der Waals surface area contributed by atoms with Crippen LogP contribution in [0.5, 0.6) is 0 Å². The first kappa shape index (κ1) is 14.8. The summed E-state index contributed by atoms with van der Waals surface area (Å²) in [4.78, 5) is 16.2. The maximum atomic E-state index is 13.1. The Morgan fingerprint density at radius 2 is 2.00 bits per heavy atom. The summed E-state index contributed by atoms with van der Waals surface area (Å²) in [5, 5.41) is 2.74. The van der Waals surface area contributed by atoms with Crippen molar-refractivity contribution in [2.75, 3.05) is 38.0 Å². The number of nitrogens with one attached hydrogen (secondary N) is 1. The number of piperazine rings is 1. The third-order valence-corrected chi connectivity index (χ3v) is 3.36. The van der Waals surface area contributed by atoms with E-state index in [0.29, 0.717) is 24.7 Å². The molecular formula is C15H22FN3O. The number of carbonyl (C=O) groups excluding carboxylic acids is 1. The van der Waals surface area contributed by atoms with Crippen LogP contribution in [-0.4, -0.2) is 48.6 Å². The number of urea groups is 1. The van der Waals surface area contributed by atoms with Gasteiger partial charge in [-0.05, 0) is 24.1 Å². The third-order valence-electron chi connectivity index (χ3n) is 3.36. The Bertz CT molecular complexity index is 456. The summed E-state index contributed by atoms with van der Waals surface area (Å²) < 4.78 is 13.1. The van der Waals surface area contributed by atoms with E-state index >= 15 is 0 Å². The van der Waals surface area contributed by atoms with Crippen LogP contribution in [0.15, 0.2) is 24.3 Å². The van der Waals surface area contributed by atoms with Crippen molar-refractivity contribution in [3.8, 4) is 0 Å². The van der Waals surface area contributed by atoms with E-state index < -0.39 is 0 Å². The lowest BCUT2D eigenvalue weighted by molar-refractivity contribution is 0.138. The van der Waals surface area contributed by atoms with Gasteiger partial charge in [-0.3, -0.25) is 4.90 Å². The van der Waals surface area contributed by atoms with Crippen molar-refractivity contribution in [1.29, 1.82) is 0 Å². The first-order valence-corrected chi connectivity index (χ1v) is 7.08. The molecule has 1 heterocycles. The number of hydrogen-bond acceptors (Lipinski definition) is 2. The van der Waals surface area contributed by atoms with Gasteiger partial charge in [0, 0.05) is 38.4 Å². The van der Waals surface area contributed by atoms with E-state index in [-0.39, 0.29) is 11.8 Å². The van der Waals surface area contributed by atoms with E-state index in [1.165, 1.54) is 12.1 Å². The Morgan fingerprint density at radius 1 is 1.30 bits per heavy atom. The number of carbonyl (C=O) groups is 1. The monoisotopic (exact) mass is 279 g/mol. The van der Waals surface area contributed by atoms with Crippen LogP contribution in [0.1, 0.15) is 13.8 Å². The number of halogens is 1. The summed E-state index contributed by atoms with van der Waals surface area (Å²) in [6.45, 7) is 8.69. The second kappa shape index (κ2) is 6.70. The van der Waals surface area contributed by atoms with Crippen molar-refractivity contribution < 1.29 is 9.18 Å². The van der Waals surface area contributed by atoms with Crippen molar-refractivity contribution in [3.63, 3.8) is 0 Å². The Hall–Kier alpha value is -1.62. The largest absolute Gasteiger partial charge is 0.322 e. The Balaban J connectivity index is 1.83. The number of anilines is 1. The summed E-state index contributed by atoms with van der Waals surface area (Å²) in [6.07, 6.45) is 0. The zero-order chi connectivity index (χ0) is 14.5. The molecule has 0 aliphatic carbocycles. The van der Waals surface area contributed by atoms with Gasteiger partial charge in [-0.15, -0.1) is 0 Å². The second-order valence-corrected chi connectivity index (χ2v) is 5.62. The average molecular weight is 279 g/mol. The lowest BCUT2D eigenvalue weighted by atomic mass is 10.2. The summed E-state index contributed by atoms with van der Waals surface area (Å²) in [5.74, 6) is 0.298. The molecule has 2 rings (SSSR count). The minimum Gasteiger partial charge on any atom is -0.322 e. The van der Waals surface area contributed by atoms with E-state index in [1.54, 1.807) is 17.0 Å². The summed E-state index contributed by atoms with van der Waals surface area (Å²) in [6, 6.07) is 5.81. The van der Waals surface area contributed by atoms with Crippen LogP contribution in [0.2, 0.25) is 0 Å². The normalized spacial score (nSPS) is 16.5. The lowest BCUT2D eigenvalue weighted by Gasteiger charge is -2.35. The van der Waals surface area contributed by atoms with E-state index in [4.69, 9.17) is 0 Å². The molecule has 1 aliphatic rings. The third kappa shape index (κ3) is 4.20. The minimum atomic E-state index is -0.343. The molecule has 1 aromatic carbocycles. The molecule has 0 spiro atoms. The van der Waals surface area contributed by atoms with Gasteiger partial charge in [0.25, 0.3) is 0 Å². The van der Waals surface area contributed by atoms with E-state index in [1.807, 2.05) is 0 Å². The quantitative estimate of drug-likeness (QED) is 0.923.